The molecular weight excluding hydrogens is 389 g/mol. The Bertz CT molecular complexity index is 1030. The molecule has 148 valence electrons. The molecule has 1 fully saturated rings. The number of nitrogens with zero attached hydrogens (tertiary/aromatic N) is 2. The van der Waals surface area contributed by atoms with Crippen molar-refractivity contribution in [3.8, 4) is 10.6 Å². The number of aromatic nitrogens is 1. The molecule has 7 heteroatoms. The molecule has 4 rings (SSSR count). The largest absolute Gasteiger partial charge is 0.339 e. The standard InChI is InChI=1S/C22H20FN3O2S/c23-17-5-3-4-16(12-17)21-25-19(14-29-21)13-20(27)24-18-8-6-15(7-9-18)22(28)26-10-1-2-11-26/h3-9,12,14H,1-2,10-11,13H2,(H,24,27). The minimum atomic E-state index is -0.316. The summed E-state index contributed by atoms with van der Waals surface area (Å²) in [5, 5.41) is 5.31. The lowest BCUT2D eigenvalue weighted by atomic mass is 10.2. The number of halogens is 1. The average Bonchev–Trinajstić information content (AvgIpc) is 3.40. The third-order valence-electron chi connectivity index (χ3n) is 4.77. The summed E-state index contributed by atoms with van der Waals surface area (Å²) in [6.07, 6.45) is 2.23. The highest BCUT2D eigenvalue weighted by Crippen LogP contribution is 2.24. The molecule has 0 saturated carbocycles. The van der Waals surface area contributed by atoms with Gasteiger partial charge in [-0.05, 0) is 49.2 Å². The zero-order valence-electron chi connectivity index (χ0n) is 15.7. The van der Waals surface area contributed by atoms with Gasteiger partial charge in [0.05, 0.1) is 12.1 Å². The Kier molecular flexibility index (Phi) is 5.67. The van der Waals surface area contributed by atoms with E-state index in [2.05, 4.69) is 10.3 Å². The third-order valence-corrected chi connectivity index (χ3v) is 5.71. The van der Waals surface area contributed by atoms with Crippen molar-refractivity contribution in [2.45, 2.75) is 19.3 Å². The number of benzene rings is 2. The van der Waals surface area contributed by atoms with Gasteiger partial charge in [0.2, 0.25) is 5.91 Å². The van der Waals surface area contributed by atoms with E-state index in [4.69, 9.17) is 0 Å². The molecule has 0 radical (unpaired) electrons. The first-order chi connectivity index (χ1) is 14.1. The fourth-order valence-corrected chi connectivity index (χ4v) is 4.13. The van der Waals surface area contributed by atoms with Crippen molar-refractivity contribution < 1.29 is 14.0 Å². The van der Waals surface area contributed by atoms with Crippen LogP contribution in [-0.2, 0) is 11.2 Å². The van der Waals surface area contributed by atoms with Crippen molar-refractivity contribution in [3.63, 3.8) is 0 Å². The van der Waals surface area contributed by atoms with Gasteiger partial charge in [-0.1, -0.05) is 12.1 Å². The zero-order chi connectivity index (χ0) is 20.2. The highest BCUT2D eigenvalue weighted by Gasteiger charge is 2.19. The first kappa shape index (κ1) is 19.3. The van der Waals surface area contributed by atoms with E-state index in [1.165, 1.54) is 23.5 Å². The van der Waals surface area contributed by atoms with Crippen LogP contribution in [0.3, 0.4) is 0 Å². The maximum absolute atomic E-state index is 13.4. The van der Waals surface area contributed by atoms with E-state index < -0.39 is 0 Å². The fraction of sp³-hybridized carbons (Fsp3) is 0.227. The van der Waals surface area contributed by atoms with Crippen molar-refractivity contribution in [1.29, 1.82) is 0 Å². The van der Waals surface area contributed by atoms with E-state index in [9.17, 15) is 14.0 Å². The van der Waals surface area contributed by atoms with Crippen LogP contribution >= 0.6 is 11.3 Å². The molecule has 1 aromatic heterocycles. The maximum atomic E-state index is 13.4. The lowest BCUT2D eigenvalue weighted by Gasteiger charge is -2.15. The molecule has 0 bridgehead atoms. The number of nitrogens with one attached hydrogen (secondary N) is 1. The normalized spacial score (nSPS) is 13.5. The first-order valence-corrected chi connectivity index (χ1v) is 10.4. The number of amides is 2. The van der Waals surface area contributed by atoms with Crippen LogP contribution < -0.4 is 5.32 Å². The number of carbonyl (C=O) groups excluding carboxylic acids is 2. The molecule has 2 aromatic carbocycles. The topological polar surface area (TPSA) is 62.3 Å². The monoisotopic (exact) mass is 409 g/mol. The predicted molar refractivity (Wildman–Crippen MR) is 111 cm³/mol. The molecule has 1 N–H and O–H groups in total. The summed E-state index contributed by atoms with van der Waals surface area (Å²) < 4.78 is 13.4. The summed E-state index contributed by atoms with van der Waals surface area (Å²) in [6, 6.07) is 13.2. The van der Waals surface area contributed by atoms with Gasteiger partial charge in [0.25, 0.3) is 5.91 Å². The first-order valence-electron chi connectivity index (χ1n) is 9.48. The van der Waals surface area contributed by atoms with E-state index in [1.807, 2.05) is 4.90 Å². The van der Waals surface area contributed by atoms with Crippen LogP contribution in [0.1, 0.15) is 28.9 Å². The summed E-state index contributed by atoms with van der Waals surface area (Å²) in [6.45, 7) is 1.62. The van der Waals surface area contributed by atoms with Crippen LogP contribution in [0.4, 0.5) is 10.1 Å². The minimum Gasteiger partial charge on any atom is -0.339 e. The summed E-state index contributed by atoms with van der Waals surface area (Å²) in [4.78, 5) is 31.0. The Labute approximate surface area is 172 Å². The van der Waals surface area contributed by atoms with Gasteiger partial charge in [-0.25, -0.2) is 9.37 Å². The molecule has 1 aliphatic rings. The zero-order valence-corrected chi connectivity index (χ0v) is 16.5. The Morgan fingerprint density at radius 3 is 2.59 bits per heavy atom. The molecule has 2 amide bonds. The summed E-state index contributed by atoms with van der Waals surface area (Å²) in [5.41, 5.74) is 2.59. The lowest BCUT2D eigenvalue weighted by Crippen LogP contribution is -2.27. The van der Waals surface area contributed by atoms with Gasteiger partial charge in [-0.3, -0.25) is 9.59 Å². The van der Waals surface area contributed by atoms with Crippen LogP contribution in [0, 0.1) is 5.82 Å². The molecule has 1 saturated heterocycles. The number of rotatable bonds is 5. The number of likely N-dealkylation sites (tertiary alicyclic amines) is 1. The quantitative estimate of drug-likeness (QED) is 0.681. The molecule has 5 nitrogen and oxygen atoms in total. The molecule has 2 heterocycles. The summed E-state index contributed by atoms with van der Waals surface area (Å²) in [5.74, 6) is -0.476. The fourth-order valence-electron chi connectivity index (χ4n) is 3.31. The Hall–Kier alpha value is -3.06. The minimum absolute atomic E-state index is 0.0349. The van der Waals surface area contributed by atoms with E-state index in [0.29, 0.717) is 27.5 Å². The van der Waals surface area contributed by atoms with Gasteiger partial charge < -0.3 is 10.2 Å². The lowest BCUT2D eigenvalue weighted by molar-refractivity contribution is -0.115. The van der Waals surface area contributed by atoms with Gasteiger partial charge in [0.15, 0.2) is 0 Å². The van der Waals surface area contributed by atoms with Crippen molar-refractivity contribution >= 4 is 28.8 Å². The molecule has 3 aromatic rings. The summed E-state index contributed by atoms with van der Waals surface area (Å²) in [7, 11) is 0. The predicted octanol–water partition coefficient (Wildman–Crippen LogP) is 4.37. The number of hydrogen-bond acceptors (Lipinski definition) is 4. The van der Waals surface area contributed by atoms with Crippen molar-refractivity contribution in [3.05, 3.63) is 71.0 Å². The smallest absolute Gasteiger partial charge is 0.253 e. The van der Waals surface area contributed by atoms with Crippen molar-refractivity contribution in [1.82, 2.24) is 9.88 Å². The van der Waals surface area contributed by atoms with Crippen LogP contribution in [0.5, 0.6) is 0 Å². The van der Waals surface area contributed by atoms with Gasteiger partial charge in [0.1, 0.15) is 10.8 Å². The van der Waals surface area contributed by atoms with Gasteiger partial charge in [-0.2, -0.15) is 0 Å². The van der Waals surface area contributed by atoms with E-state index in [0.717, 1.165) is 25.9 Å². The number of thiazole rings is 1. The second-order valence-electron chi connectivity index (χ2n) is 6.96. The molecule has 1 aliphatic heterocycles. The molecule has 0 spiro atoms. The van der Waals surface area contributed by atoms with Crippen LogP contribution in [0.15, 0.2) is 53.9 Å². The van der Waals surface area contributed by atoms with Crippen molar-refractivity contribution in [2.24, 2.45) is 0 Å². The Morgan fingerprint density at radius 2 is 1.86 bits per heavy atom. The number of anilines is 1. The average molecular weight is 409 g/mol. The van der Waals surface area contributed by atoms with Crippen LogP contribution in [-0.4, -0.2) is 34.8 Å². The van der Waals surface area contributed by atoms with Crippen molar-refractivity contribution in [2.75, 3.05) is 18.4 Å². The second-order valence-corrected chi connectivity index (χ2v) is 7.81. The van der Waals surface area contributed by atoms with Crippen LogP contribution in [0.25, 0.3) is 10.6 Å². The maximum Gasteiger partial charge on any atom is 0.253 e. The molecule has 0 aliphatic carbocycles. The summed E-state index contributed by atoms with van der Waals surface area (Å²) >= 11 is 1.38. The third kappa shape index (κ3) is 4.68. The second kappa shape index (κ2) is 8.53. The molecule has 0 unspecified atom stereocenters. The number of hydrogen-bond donors (Lipinski definition) is 1. The Balaban J connectivity index is 1.35. The Morgan fingerprint density at radius 1 is 1.10 bits per heavy atom. The molecular formula is C22H20FN3O2S. The highest BCUT2D eigenvalue weighted by atomic mass is 32.1. The van der Waals surface area contributed by atoms with Gasteiger partial charge in [-0.15, -0.1) is 11.3 Å². The van der Waals surface area contributed by atoms with E-state index in [-0.39, 0.29) is 24.1 Å². The van der Waals surface area contributed by atoms with Gasteiger partial charge >= 0.3 is 0 Å². The SMILES string of the molecule is O=C(Cc1csc(-c2cccc(F)c2)n1)Nc1ccc(C(=O)N2CCCC2)cc1. The molecule has 29 heavy (non-hydrogen) atoms. The highest BCUT2D eigenvalue weighted by molar-refractivity contribution is 7.13. The van der Waals surface area contributed by atoms with Crippen LogP contribution in [0.2, 0.25) is 0 Å². The van der Waals surface area contributed by atoms with Gasteiger partial charge in [0, 0.05) is 35.3 Å². The van der Waals surface area contributed by atoms with E-state index >= 15 is 0 Å². The molecule has 0 atom stereocenters. The number of carbonyl (C=O) groups is 2. The van der Waals surface area contributed by atoms with E-state index in [1.54, 1.807) is 41.8 Å².